The Balaban J connectivity index is 0.00000192. The smallest absolute Gasteiger partial charge is 0.116 e. The Labute approximate surface area is 149 Å². The van der Waals surface area contributed by atoms with Crippen molar-refractivity contribution in [3.8, 4) is 11.1 Å². The summed E-state index contributed by atoms with van der Waals surface area (Å²) in [7, 11) is 0. The molecule has 0 spiro atoms. The van der Waals surface area contributed by atoms with Crippen LogP contribution in [0.25, 0.3) is 11.1 Å². The molecule has 0 radical (unpaired) electrons. The third-order valence-electron chi connectivity index (χ3n) is 4.41. The summed E-state index contributed by atoms with van der Waals surface area (Å²) in [5.41, 5.74) is 3.70. The summed E-state index contributed by atoms with van der Waals surface area (Å²) in [5, 5.41) is 14.9. The van der Waals surface area contributed by atoms with Crippen molar-refractivity contribution < 1.29 is 5.11 Å². The molecule has 1 aliphatic rings. The fraction of sp³-hybridized carbons (Fsp3) is 0.400. The molecular weight excluding hydrogens is 350 g/mol. The number of aliphatic hydroxyl groups is 1. The first-order chi connectivity index (χ1) is 10.4. The van der Waals surface area contributed by atoms with Crippen LogP contribution in [0.15, 0.2) is 48.5 Å². The van der Waals surface area contributed by atoms with Crippen LogP contribution in [0.1, 0.15) is 44.7 Å². The van der Waals surface area contributed by atoms with Crippen LogP contribution in [-0.4, -0.2) is 17.2 Å². The van der Waals surface area contributed by atoms with Gasteiger partial charge in [-0.1, -0.05) is 48.5 Å². The highest BCUT2D eigenvalue weighted by molar-refractivity contribution is 8.93. The fourth-order valence-corrected chi connectivity index (χ4v) is 3.38. The van der Waals surface area contributed by atoms with Gasteiger partial charge in [-0.2, -0.15) is 0 Å². The Kier molecular flexibility index (Phi) is 5.34. The summed E-state index contributed by atoms with van der Waals surface area (Å²) >= 11 is 0. The maximum atomic E-state index is 11.4. The molecule has 0 saturated heterocycles. The SMILES string of the molecule is Br.CC(C)(C)NCCCC1(O)c2ccccc2-c2ccccc21. The molecule has 0 aliphatic heterocycles. The molecule has 0 heterocycles. The molecule has 0 aromatic heterocycles. The van der Waals surface area contributed by atoms with E-state index in [1.807, 2.05) is 24.3 Å². The zero-order chi connectivity index (χ0) is 15.8. The average Bonchev–Trinajstić information content (AvgIpc) is 2.74. The summed E-state index contributed by atoms with van der Waals surface area (Å²) < 4.78 is 0. The first-order valence-electron chi connectivity index (χ1n) is 8.09. The molecule has 3 rings (SSSR count). The number of halogens is 1. The van der Waals surface area contributed by atoms with E-state index in [4.69, 9.17) is 0 Å². The minimum Gasteiger partial charge on any atom is -0.380 e. The third-order valence-corrected chi connectivity index (χ3v) is 4.41. The van der Waals surface area contributed by atoms with Gasteiger partial charge in [-0.15, -0.1) is 17.0 Å². The van der Waals surface area contributed by atoms with Crippen molar-refractivity contribution in [1.29, 1.82) is 0 Å². The first-order valence-corrected chi connectivity index (χ1v) is 8.09. The van der Waals surface area contributed by atoms with E-state index in [1.54, 1.807) is 0 Å². The highest BCUT2D eigenvalue weighted by Crippen LogP contribution is 2.49. The van der Waals surface area contributed by atoms with Gasteiger partial charge in [0.25, 0.3) is 0 Å². The fourth-order valence-electron chi connectivity index (χ4n) is 3.38. The van der Waals surface area contributed by atoms with Crippen molar-refractivity contribution in [2.75, 3.05) is 6.54 Å². The Morgan fingerprint density at radius 2 is 1.39 bits per heavy atom. The quantitative estimate of drug-likeness (QED) is 0.762. The summed E-state index contributed by atoms with van der Waals surface area (Å²) in [5.74, 6) is 0. The van der Waals surface area contributed by atoms with E-state index in [0.29, 0.717) is 0 Å². The Morgan fingerprint density at radius 1 is 0.913 bits per heavy atom. The average molecular weight is 376 g/mol. The normalized spacial score (nSPS) is 14.8. The number of benzene rings is 2. The molecule has 2 N–H and O–H groups in total. The minimum atomic E-state index is -0.854. The summed E-state index contributed by atoms with van der Waals surface area (Å²) in [4.78, 5) is 0. The van der Waals surface area contributed by atoms with E-state index in [-0.39, 0.29) is 22.5 Å². The molecule has 2 aromatic carbocycles. The molecule has 0 amide bonds. The zero-order valence-electron chi connectivity index (χ0n) is 14.1. The van der Waals surface area contributed by atoms with Crippen LogP contribution in [0.5, 0.6) is 0 Å². The van der Waals surface area contributed by atoms with Crippen LogP contribution in [0.4, 0.5) is 0 Å². The van der Waals surface area contributed by atoms with Crippen LogP contribution in [0, 0.1) is 0 Å². The van der Waals surface area contributed by atoms with Gasteiger partial charge in [0.2, 0.25) is 0 Å². The summed E-state index contributed by atoms with van der Waals surface area (Å²) in [6, 6.07) is 16.5. The summed E-state index contributed by atoms with van der Waals surface area (Å²) in [6.07, 6.45) is 1.68. The van der Waals surface area contributed by atoms with Crippen molar-refractivity contribution >= 4 is 17.0 Å². The molecule has 3 heteroatoms. The molecule has 0 fully saturated rings. The number of fused-ring (bicyclic) bond motifs is 3. The molecule has 124 valence electrons. The molecule has 2 nitrogen and oxygen atoms in total. The predicted octanol–water partition coefficient (Wildman–Crippen LogP) is 4.65. The van der Waals surface area contributed by atoms with Gasteiger partial charge >= 0.3 is 0 Å². The van der Waals surface area contributed by atoms with Gasteiger partial charge in [0, 0.05) is 5.54 Å². The molecule has 1 aliphatic carbocycles. The maximum Gasteiger partial charge on any atom is 0.116 e. The van der Waals surface area contributed by atoms with Crippen molar-refractivity contribution in [2.45, 2.75) is 44.8 Å². The van der Waals surface area contributed by atoms with E-state index < -0.39 is 5.60 Å². The van der Waals surface area contributed by atoms with Crippen molar-refractivity contribution in [1.82, 2.24) is 5.32 Å². The van der Waals surface area contributed by atoms with E-state index in [0.717, 1.165) is 30.5 Å². The lowest BCUT2D eigenvalue weighted by molar-refractivity contribution is 0.0729. The molecule has 2 aromatic rings. The van der Waals surface area contributed by atoms with Gasteiger partial charge in [0.05, 0.1) is 0 Å². The second kappa shape index (κ2) is 6.76. The minimum absolute atomic E-state index is 0. The van der Waals surface area contributed by atoms with Crippen LogP contribution < -0.4 is 5.32 Å². The first kappa shape index (κ1) is 18.2. The third kappa shape index (κ3) is 3.52. The highest BCUT2D eigenvalue weighted by atomic mass is 79.9. The van der Waals surface area contributed by atoms with Crippen LogP contribution >= 0.6 is 17.0 Å². The second-order valence-corrected chi connectivity index (χ2v) is 7.23. The number of rotatable bonds is 4. The highest BCUT2D eigenvalue weighted by Gasteiger charge is 2.40. The summed E-state index contributed by atoms with van der Waals surface area (Å²) in [6.45, 7) is 7.42. The van der Waals surface area contributed by atoms with E-state index >= 15 is 0 Å². The van der Waals surface area contributed by atoms with Crippen LogP contribution in [0.2, 0.25) is 0 Å². The standard InChI is InChI=1S/C20H25NO.BrH/c1-19(2,3)21-14-8-13-20(22)17-11-6-4-9-15(17)16-10-5-7-12-18(16)20;/h4-7,9-12,21-22H,8,13-14H2,1-3H3;1H. The monoisotopic (exact) mass is 375 g/mol. The zero-order valence-corrected chi connectivity index (χ0v) is 15.8. The molecular formula is C20H26BrNO. The van der Waals surface area contributed by atoms with Crippen molar-refractivity contribution in [2.24, 2.45) is 0 Å². The lowest BCUT2D eigenvalue weighted by atomic mass is 9.87. The van der Waals surface area contributed by atoms with Crippen LogP contribution in [0.3, 0.4) is 0 Å². The number of hydrogen-bond donors (Lipinski definition) is 2. The topological polar surface area (TPSA) is 32.3 Å². The second-order valence-electron chi connectivity index (χ2n) is 7.23. The lowest BCUT2D eigenvalue weighted by Gasteiger charge is -2.27. The van der Waals surface area contributed by atoms with Gasteiger partial charge in [-0.3, -0.25) is 0 Å². The van der Waals surface area contributed by atoms with Gasteiger partial charge < -0.3 is 10.4 Å². The van der Waals surface area contributed by atoms with Gasteiger partial charge in [-0.25, -0.2) is 0 Å². The van der Waals surface area contributed by atoms with Gasteiger partial charge in [-0.05, 0) is 62.4 Å². The maximum absolute atomic E-state index is 11.4. The van der Waals surface area contributed by atoms with E-state index in [1.165, 1.54) is 11.1 Å². The Hall–Kier alpha value is -1.16. The Morgan fingerprint density at radius 3 is 1.87 bits per heavy atom. The largest absolute Gasteiger partial charge is 0.380 e. The number of nitrogens with one attached hydrogen (secondary N) is 1. The lowest BCUT2D eigenvalue weighted by Crippen LogP contribution is -2.37. The van der Waals surface area contributed by atoms with Gasteiger partial charge in [0.1, 0.15) is 5.60 Å². The molecule has 0 atom stereocenters. The van der Waals surface area contributed by atoms with Crippen molar-refractivity contribution in [3.05, 3.63) is 59.7 Å². The molecule has 0 saturated carbocycles. The van der Waals surface area contributed by atoms with E-state index in [2.05, 4.69) is 50.4 Å². The molecule has 23 heavy (non-hydrogen) atoms. The van der Waals surface area contributed by atoms with Gasteiger partial charge in [0.15, 0.2) is 0 Å². The van der Waals surface area contributed by atoms with E-state index in [9.17, 15) is 5.11 Å². The Bertz CT molecular complexity index is 630. The predicted molar refractivity (Wildman–Crippen MR) is 102 cm³/mol. The van der Waals surface area contributed by atoms with Crippen molar-refractivity contribution in [3.63, 3.8) is 0 Å². The number of hydrogen-bond acceptors (Lipinski definition) is 2. The molecule has 0 bridgehead atoms. The van der Waals surface area contributed by atoms with Crippen LogP contribution in [-0.2, 0) is 5.60 Å². The molecule has 0 unspecified atom stereocenters.